The Morgan fingerprint density at radius 3 is 2.26 bits per heavy atom. The maximum absolute atomic E-state index is 12.2. The van der Waals surface area contributed by atoms with E-state index in [9.17, 15) is 25.9 Å². The van der Waals surface area contributed by atoms with E-state index < -0.39 is 30.7 Å². The van der Waals surface area contributed by atoms with Crippen LogP contribution in [0.5, 0.6) is 5.75 Å². The van der Waals surface area contributed by atoms with Gasteiger partial charge in [-0.25, -0.2) is 16.8 Å². The molecule has 1 aliphatic carbocycles. The number of hydrogen-bond acceptors (Lipinski definition) is 8. The van der Waals surface area contributed by atoms with Crippen LogP contribution in [0.4, 0.5) is 0 Å². The Balaban J connectivity index is 0.00000216. The van der Waals surface area contributed by atoms with E-state index >= 15 is 0 Å². The van der Waals surface area contributed by atoms with Crippen molar-refractivity contribution in [3.05, 3.63) is 94.6 Å². The van der Waals surface area contributed by atoms with Crippen LogP contribution in [0.3, 0.4) is 0 Å². The second-order valence-corrected chi connectivity index (χ2v) is 11.2. The molecular formula is C23H21NNa2O7S2. The number of hydrogen-bond donors (Lipinski definition) is 1. The van der Waals surface area contributed by atoms with Gasteiger partial charge in [0.2, 0.25) is 0 Å². The quantitative estimate of drug-likeness (QED) is 0.298. The van der Waals surface area contributed by atoms with Gasteiger partial charge < -0.3 is 19.2 Å². The summed E-state index contributed by atoms with van der Waals surface area (Å²) in [7, 11) is -9.63. The van der Waals surface area contributed by atoms with Crippen LogP contribution in [-0.2, 0) is 33.3 Å². The average Bonchev–Trinajstić information content (AvgIpc) is 3.25. The van der Waals surface area contributed by atoms with Crippen molar-refractivity contribution in [3.8, 4) is 5.75 Å². The molecule has 1 N–H and O–H groups in total. The van der Waals surface area contributed by atoms with Gasteiger partial charge in [0.1, 0.15) is 26.0 Å². The fourth-order valence-electron chi connectivity index (χ4n) is 4.24. The Labute approximate surface area is 249 Å². The molecule has 12 heteroatoms. The maximum Gasteiger partial charge on any atom is 1.00 e. The normalized spacial score (nSPS) is 17.0. The van der Waals surface area contributed by atoms with Crippen LogP contribution in [0, 0.1) is 0 Å². The molecule has 0 saturated heterocycles. The van der Waals surface area contributed by atoms with Gasteiger partial charge in [0.25, 0.3) is 0 Å². The van der Waals surface area contributed by atoms with E-state index in [1.807, 2.05) is 18.2 Å². The van der Waals surface area contributed by atoms with Gasteiger partial charge in [-0.1, -0.05) is 48.6 Å². The van der Waals surface area contributed by atoms with E-state index in [1.54, 1.807) is 24.3 Å². The van der Waals surface area contributed by atoms with Crippen molar-refractivity contribution < 1.29 is 89.8 Å². The maximum atomic E-state index is 12.2. The fourth-order valence-corrected chi connectivity index (χ4v) is 6.67. The summed E-state index contributed by atoms with van der Waals surface area (Å²) in [4.78, 5) is 0. The second kappa shape index (κ2) is 11.7. The van der Waals surface area contributed by atoms with E-state index in [-0.39, 0.29) is 64.7 Å². The Kier molecular flexibility index (Phi) is 10.2. The predicted octanol–water partition coefficient (Wildman–Crippen LogP) is -3.59. The van der Waals surface area contributed by atoms with E-state index in [4.69, 9.17) is 4.74 Å². The van der Waals surface area contributed by atoms with Gasteiger partial charge >= 0.3 is 59.1 Å². The molecule has 1 heterocycles. The second-order valence-electron chi connectivity index (χ2n) is 7.75. The first-order valence-corrected chi connectivity index (χ1v) is 12.9. The molecule has 0 atom stereocenters. The summed E-state index contributed by atoms with van der Waals surface area (Å²) in [5.74, 6) is 0.594. The number of benzene rings is 2. The fraction of sp³-hybridized carbons (Fsp3) is 0.217. The molecule has 2 aromatic carbocycles. The summed E-state index contributed by atoms with van der Waals surface area (Å²) in [6.45, 7) is 1.21. The van der Waals surface area contributed by atoms with Crippen LogP contribution in [0.2, 0.25) is 0 Å². The summed E-state index contributed by atoms with van der Waals surface area (Å²) >= 11 is 0. The van der Waals surface area contributed by atoms with Crippen molar-refractivity contribution in [1.82, 2.24) is 5.32 Å². The molecule has 174 valence electrons. The Bertz CT molecular complexity index is 1370. The minimum absolute atomic E-state index is 0. The van der Waals surface area contributed by atoms with Crippen molar-refractivity contribution in [2.45, 2.75) is 23.6 Å². The molecule has 1 aliphatic heterocycles. The molecule has 0 radical (unpaired) electrons. The molecule has 2 aliphatic rings. The third kappa shape index (κ3) is 5.73. The predicted molar refractivity (Wildman–Crippen MR) is 121 cm³/mol. The van der Waals surface area contributed by atoms with Crippen molar-refractivity contribution in [3.63, 3.8) is 0 Å². The van der Waals surface area contributed by atoms with Crippen LogP contribution >= 0.6 is 0 Å². The molecule has 0 unspecified atom stereocenters. The first-order chi connectivity index (χ1) is 15.6. The van der Waals surface area contributed by atoms with E-state index in [1.165, 1.54) is 31.4 Å². The van der Waals surface area contributed by atoms with Gasteiger partial charge in [0, 0.05) is 19.5 Å². The topological polar surface area (TPSA) is 136 Å². The van der Waals surface area contributed by atoms with Gasteiger partial charge in [-0.05, 0) is 51.6 Å². The molecule has 8 nitrogen and oxygen atoms in total. The molecule has 0 bridgehead atoms. The molecular weight excluding hydrogens is 512 g/mol. The first-order valence-electron chi connectivity index (χ1n) is 10.0. The smallest absolute Gasteiger partial charge is 0.746 e. The number of rotatable bonds is 6. The Hall–Kier alpha value is -0.760. The van der Waals surface area contributed by atoms with Gasteiger partial charge in [-0.15, -0.1) is 0 Å². The molecule has 0 spiro atoms. The minimum Gasteiger partial charge on any atom is -0.746 e. The van der Waals surface area contributed by atoms with Crippen molar-refractivity contribution >= 4 is 25.8 Å². The molecule has 0 aromatic heterocycles. The van der Waals surface area contributed by atoms with Crippen LogP contribution in [0.1, 0.15) is 28.7 Å². The van der Waals surface area contributed by atoms with Crippen LogP contribution in [0.15, 0.2) is 72.3 Å². The van der Waals surface area contributed by atoms with Gasteiger partial charge in [0.15, 0.2) is 4.08 Å². The number of ether oxygens (including phenoxy) is 1. The standard InChI is InChI=1S/C23H23NO7S2.2Na/c1-31-19-10-8-16(9-11-19)21(20-7-4-5-17-14-24-15-22(17)20)13-18-6-2-3-12-23(18,32(25,26)27)33(28,29)30;;/h2-11,13,24H,12,14-15H2,1H3,(H,25,26,27)(H,28,29,30);;/q;2*+1/p-2. The Morgan fingerprint density at radius 2 is 1.66 bits per heavy atom. The van der Waals surface area contributed by atoms with Crippen molar-refractivity contribution in [1.29, 1.82) is 0 Å². The zero-order valence-corrected chi connectivity index (χ0v) is 25.3. The van der Waals surface area contributed by atoms with Crippen LogP contribution in [0.25, 0.3) is 5.57 Å². The summed E-state index contributed by atoms with van der Waals surface area (Å²) in [5, 5.41) is 3.26. The van der Waals surface area contributed by atoms with E-state index in [0.717, 1.165) is 16.7 Å². The summed E-state index contributed by atoms with van der Waals surface area (Å²) in [6.07, 6.45) is 4.39. The zero-order valence-electron chi connectivity index (χ0n) is 19.6. The largest absolute Gasteiger partial charge is 1.00 e. The van der Waals surface area contributed by atoms with Crippen molar-refractivity contribution in [2.24, 2.45) is 0 Å². The Morgan fingerprint density at radius 1 is 1.00 bits per heavy atom. The molecule has 0 saturated carbocycles. The van der Waals surface area contributed by atoms with Gasteiger partial charge in [-0.3, -0.25) is 0 Å². The minimum atomic E-state index is -5.57. The monoisotopic (exact) mass is 533 g/mol. The third-order valence-corrected chi connectivity index (χ3v) is 9.57. The summed E-state index contributed by atoms with van der Waals surface area (Å²) in [6, 6.07) is 12.5. The van der Waals surface area contributed by atoms with Crippen LogP contribution < -0.4 is 69.2 Å². The zero-order chi connectivity index (χ0) is 23.9. The number of allylic oxidation sites excluding steroid dienone is 4. The SMILES string of the molecule is COc1ccc(C(=CC2=CC=CCC2(S(=O)(=O)[O-])S(=O)(=O)[O-])c2cccc3c2CNC3)cc1.[Na+].[Na+]. The van der Waals surface area contributed by atoms with Crippen LogP contribution in [-0.4, -0.2) is 37.1 Å². The summed E-state index contributed by atoms with van der Waals surface area (Å²) < 4.78 is 75.4. The van der Waals surface area contributed by atoms with E-state index in [0.29, 0.717) is 30.0 Å². The molecule has 0 amide bonds. The van der Waals surface area contributed by atoms with Crippen molar-refractivity contribution in [2.75, 3.05) is 7.11 Å². The third-order valence-electron chi connectivity index (χ3n) is 5.93. The molecule has 2 aromatic rings. The van der Waals surface area contributed by atoms with Gasteiger partial charge in [0.05, 0.1) is 7.11 Å². The molecule has 4 rings (SSSR count). The number of methoxy groups -OCH3 is 1. The number of fused-ring (bicyclic) bond motifs is 1. The molecule has 35 heavy (non-hydrogen) atoms. The summed E-state index contributed by atoms with van der Waals surface area (Å²) in [5.41, 5.74) is 3.47. The van der Waals surface area contributed by atoms with Gasteiger partial charge in [-0.2, -0.15) is 0 Å². The first kappa shape index (κ1) is 30.5. The number of nitrogens with one attached hydrogen (secondary N) is 1. The van der Waals surface area contributed by atoms with E-state index in [2.05, 4.69) is 5.32 Å². The average molecular weight is 534 g/mol. The molecule has 0 fully saturated rings.